The Labute approximate surface area is 126 Å². The molecule has 0 aromatic heterocycles. The van der Waals surface area contributed by atoms with Gasteiger partial charge < -0.3 is 9.47 Å². The molecule has 0 amide bonds. The number of ether oxygens (including phenoxy) is 2. The molecule has 0 radical (unpaired) electrons. The van der Waals surface area contributed by atoms with Crippen molar-refractivity contribution in [1.82, 2.24) is 0 Å². The molecule has 1 aromatic carbocycles. The first-order valence-corrected chi connectivity index (χ1v) is 7.56. The van der Waals surface area contributed by atoms with E-state index in [2.05, 4.69) is 6.92 Å². The number of esters is 2. The minimum absolute atomic E-state index is 0.239. The summed E-state index contributed by atoms with van der Waals surface area (Å²) < 4.78 is 9.96. The fourth-order valence-electron chi connectivity index (χ4n) is 2.08. The van der Waals surface area contributed by atoms with Gasteiger partial charge >= 0.3 is 11.9 Å². The van der Waals surface area contributed by atoms with Crippen LogP contribution in [-0.2, 0) is 25.5 Å². The van der Waals surface area contributed by atoms with Gasteiger partial charge in [0.15, 0.2) is 5.92 Å². The zero-order chi connectivity index (χ0) is 15.7. The molecule has 0 fully saturated rings. The molecule has 21 heavy (non-hydrogen) atoms. The van der Waals surface area contributed by atoms with Crippen LogP contribution in [0, 0.1) is 0 Å². The Bertz CT molecular complexity index is 432. The molecule has 4 heteroatoms. The largest absolute Gasteiger partial charge is 0.465 e. The van der Waals surface area contributed by atoms with Gasteiger partial charge in [-0.2, -0.15) is 0 Å². The average molecular weight is 292 g/mol. The lowest BCUT2D eigenvalue weighted by atomic mass is 9.97. The first kappa shape index (κ1) is 17.2. The summed E-state index contributed by atoms with van der Waals surface area (Å²) in [6.07, 6.45) is 3.26. The highest BCUT2D eigenvalue weighted by atomic mass is 16.6. The van der Waals surface area contributed by atoms with Crippen LogP contribution < -0.4 is 0 Å². The zero-order valence-electron chi connectivity index (χ0n) is 13.1. The Balaban J connectivity index is 2.91. The highest BCUT2D eigenvalue weighted by molar-refractivity contribution is 6.00. The lowest BCUT2D eigenvalue weighted by Crippen LogP contribution is -2.26. The number of unbranched alkanes of at least 4 members (excludes halogenated alkanes) is 1. The predicted molar refractivity (Wildman–Crippen MR) is 81.1 cm³/mol. The number of rotatable bonds is 8. The van der Waals surface area contributed by atoms with Crippen molar-refractivity contribution in [3.8, 4) is 0 Å². The molecule has 0 aliphatic heterocycles. The Hall–Kier alpha value is -1.84. The monoisotopic (exact) mass is 292 g/mol. The zero-order valence-corrected chi connectivity index (χ0v) is 13.1. The normalized spacial score (nSPS) is 10.5. The standard InChI is InChI=1S/C17H24O4/c1-4-7-8-13-9-11-14(12-10-13)15(16(18)20-5-2)17(19)21-6-3/h9-12,15H,4-8H2,1-3H3. The molecule has 0 aliphatic carbocycles. The van der Waals surface area contributed by atoms with E-state index in [-0.39, 0.29) is 13.2 Å². The third-order valence-corrected chi connectivity index (χ3v) is 3.18. The average Bonchev–Trinajstić information content (AvgIpc) is 2.47. The van der Waals surface area contributed by atoms with Crippen molar-refractivity contribution < 1.29 is 19.1 Å². The van der Waals surface area contributed by atoms with Gasteiger partial charge in [-0.3, -0.25) is 9.59 Å². The lowest BCUT2D eigenvalue weighted by molar-refractivity contribution is -0.156. The maximum absolute atomic E-state index is 12.0. The number of carbonyl (C=O) groups is 2. The van der Waals surface area contributed by atoms with E-state index in [4.69, 9.17) is 9.47 Å². The van der Waals surface area contributed by atoms with Crippen molar-refractivity contribution in [2.24, 2.45) is 0 Å². The summed E-state index contributed by atoms with van der Waals surface area (Å²) in [5.41, 5.74) is 1.82. The molecule has 0 atom stereocenters. The fourth-order valence-corrected chi connectivity index (χ4v) is 2.08. The molecule has 0 heterocycles. The van der Waals surface area contributed by atoms with Crippen LogP contribution in [0.4, 0.5) is 0 Å². The molecule has 1 rings (SSSR count). The van der Waals surface area contributed by atoms with E-state index in [0.717, 1.165) is 19.3 Å². The fraction of sp³-hybridized carbons (Fsp3) is 0.529. The van der Waals surface area contributed by atoms with Crippen molar-refractivity contribution in [1.29, 1.82) is 0 Å². The summed E-state index contributed by atoms with van der Waals surface area (Å²) in [6, 6.07) is 7.53. The third kappa shape index (κ3) is 5.21. The van der Waals surface area contributed by atoms with Gasteiger partial charge in [-0.15, -0.1) is 0 Å². The molecule has 1 aromatic rings. The number of benzene rings is 1. The second-order valence-corrected chi connectivity index (χ2v) is 4.78. The smallest absolute Gasteiger partial charge is 0.324 e. The van der Waals surface area contributed by atoms with Gasteiger partial charge in [0.1, 0.15) is 0 Å². The third-order valence-electron chi connectivity index (χ3n) is 3.18. The van der Waals surface area contributed by atoms with Gasteiger partial charge in [0.2, 0.25) is 0 Å². The van der Waals surface area contributed by atoms with Crippen LogP contribution in [-0.4, -0.2) is 25.2 Å². The van der Waals surface area contributed by atoms with E-state index >= 15 is 0 Å². The molecule has 116 valence electrons. The van der Waals surface area contributed by atoms with Crippen molar-refractivity contribution in [2.75, 3.05) is 13.2 Å². The maximum atomic E-state index is 12.0. The Morgan fingerprint density at radius 2 is 1.48 bits per heavy atom. The molecular weight excluding hydrogens is 268 g/mol. The highest BCUT2D eigenvalue weighted by Crippen LogP contribution is 2.21. The van der Waals surface area contributed by atoms with E-state index in [1.54, 1.807) is 13.8 Å². The summed E-state index contributed by atoms with van der Waals surface area (Å²) in [4.78, 5) is 24.0. The quantitative estimate of drug-likeness (QED) is 0.545. The molecule has 0 saturated heterocycles. The molecule has 4 nitrogen and oxygen atoms in total. The van der Waals surface area contributed by atoms with Gasteiger partial charge in [0, 0.05) is 0 Å². The minimum Gasteiger partial charge on any atom is -0.465 e. The minimum atomic E-state index is -0.995. The van der Waals surface area contributed by atoms with Crippen molar-refractivity contribution >= 4 is 11.9 Å². The van der Waals surface area contributed by atoms with Crippen LogP contribution in [0.5, 0.6) is 0 Å². The second-order valence-electron chi connectivity index (χ2n) is 4.78. The molecule has 0 unspecified atom stereocenters. The highest BCUT2D eigenvalue weighted by Gasteiger charge is 2.31. The van der Waals surface area contributed by atoms with E-state index in [1.807, 2.05) is 24.3 Å². The van der Waals surface area contributed by atoms with Gasteiger partial charge in [-0.1, -0.05) is 37.6 Å². The first-order valence-electron chi connectivity index (χ1n) is 7.56. The molecule has 0 N–H and O–H groups in total. The lowest BCUT2D eigenvalue weighted by Gasteiger charge is -2.15. The van der Waals surface area contributed by atoms with E-state index in [9.17, 15) is 9.59 Å². The van der Waals surface area contributed by atoms with Gasteiger partial charge in [0.25, 0.3) is 0 Å². The summed E-state index contributed by atoms with van der Waals surface area (Å²) in [5.74, 6) is -2.11. The summed E-state index contributed by atoms with van der Waals surface area (Å²) >= 11 is 0. The number of hydrogen-bond donors (Lipinski definition) is 0. The SMILES string of the molecule is CCCCc1ccc(C(C(=O)OCC)C(=O)OCC)cc1. The van der Waals surface area contributed by atoms with Crippen LogP contribution in [0.25, 0.3) is 0 Å². The van der Waals surface area contributed by atoms with Crippen molar-refractivity contribution in [3.05, 3.63) is 35.4 Å². The van der Waals surface area contributed by atoms with E-state index < -0.39 is 17.9 Å². The van der Waals surface area contributed by atoms with Crippen LogP contribution in [0.2, 0.25) is 0 Å². The van der Waals surface area contributed by atoms with Gasteiger partial charge in [-0.05, 0) is 37.8 Å². The maximum Gasteiger partial charge on any atom is 0.324 e. The topological polar surface area (TPSA) is 52.6 Å². The summed E-state index contributed by atoms with van der Waals surface area (Å²) in [6.45, 7) is 6.06. The van der Waals surface area contributed by atoms with Crippen LogP contribution >= 0.6 is 0 Å². The number of hydrogen-bond acceptors (Lipinski definition) is 4. The Kier molecular flexibility index (Phi) is 7.51. The molecule has 0 bridgehead atoms. The molecular formula is C17H24O4. The van der Waals surface area contributed by atoms with Crippen LogP contribution in [0.3, 0.4) is 0 Å². The van der Waals surface area contributed by atoms with Crippen LogP contribution in [0.1, 0.15) is 50.7 Å². The van der Waals surface area contributed by atoms with E-state index in [0.29, 0.717) is 5.56 Å². The van der Waals surface area contributed by atoms with E-state index in [1.165, 1.54) is 5.56 Å². The summed E-state index contributed by atoms with van der Waals surface area (Å²) in [5, 5.41) is 0. The van der Waals surface area contributed by atoms with Crippen molar-refractivity contribution in [3.63, 3.8) is 0 Å². The van der Waals surface area contributed by atoms with Gasteiger partial charge in [0.05, 0.1) is 13.2 Å². The molecule has 0 spiro atoms. The number of aryl methyl sites for hydroxylation is 1. The van der Waals surface area contributed by atoms with Crippen molar-refractivity contribution in [2.45, 2.75) is 46.0 Å². The van der Waals surface area contributed by atoms with Gasteiger partial charge in [-0.25, -0.2) is 0 Å². The molecule has 0 aliphatic rings. The first-order chi connectivity index (χ1) is 10.1. The molecule has 0 saturated carbocycles. The predicted octanol–water partition coefficient (Wildman–Crippen LogP) is 3.24. The summed E-state index contributed by atoms with van der Waals surface area (Å²) in [7, 11) is 0. The second kappa shape index (κ2) is 9.16. The Morgan fingerprint density at radius 3 is 1.90 bits per heavy atom. The van der Waals surface area contributed by atoms with Crippen LogP contribution in [0.15, 0.2) is 24.3 Å². The Morgan fingerprint density at radius 1 is 0.952 bits per heavy atom. The number of carbonyl (C=O) groups excluding carboxylic acids is 2.